The third-order valence-electron chi connectivity index (χ3n) is 6.25. The average molecular weight is 442 g/mol. The zero-order chi connectivity index (χ0) is 23.6. The predicted molar refractivity (Wildman–Crippen MR) is 111 cm³/mol. The third-order valence-corrected chi connectivity index (χ3v) is 6.25. The van der Waals surface area contributed by atoms with Crippen LogP contribution in [0.2, 0.25) is 0 Å². The second-order valence-corrected chi connectivity index (χ2v) is 8.21. The second kappa shape index (κ2) is 7.21. The number of Topliss-reactive ketones (excluding diaryl/α,β-unsaturated/α-hetero) is 1. The highest BCUT2D eigenvalue weighted by atomic mass is 16.6. The SMILES string of the molecule is Cc1c2c(c(O)c3c(O)cccc13)C(=O)OC2C1[C@H](N(C)C)C(=O)C(C(N)=O)=C(O)[C@@H]1O. The first kappa shape index (κ1) is 21.6. The average Bonchev–Trinajstić information content (AvgIpc) is 3.05. The van der Waals surface area contributed by atoms with Crippen LogP contribution in [0.3, 0.4) is 0 Å². The standard InChI is InChI=1S/C22H22N2O8/c1-7-8-5-4-6-9(25)11(8)16(26)12-10(7)20(32-22(12)31)13-15(24(2)3)17(27)14(21(23)30)19(29)18(13)28/h4-6,13,15,18,20,25-26,28-29H,1-3H3,(H2,23,30)/t13?,15-,18+,20?/m0/s1. The Kier molecular flexibility index (Phi) is 4.87. The van der Waals surface area contributed by atoms with E-state index in [4.69, 9.17) is 10.5 Å². The van der Waals surface area contributed by atoms with E-state index in [1.165, 1.54) is 25.1 Å². The maximum Gasteiger partial charge on any atom is 0.343 e. The van der Waals surface area contributed by atoms with Crippen LogP contribution in [-0.2, 0) is 14.3 Å². The van der Waals surface area contributed by atoms with E-state index >= 15 is 0 Å². The van der Waals surface area contributed by atoms with Crippen LogP contribution in [0.1, 0.15) is 27.6 Å². The van der Waals surface area contributed by atoms with Crippen LogP contribution in [0.25, 0.3) is 10.8 Å². The molecule has 10 heteroatoms. The van der Waals surface area contributed by atoms with E-state index in [1.807, 2.05) is 0 Å². The van der Waals surface area contributed by atoms with Crippen LogP contribution >= 0.6 is 0 Å². The number of aliphatic hydroxyl groups excluding tert-OH is 2. The van der Waals surface area contributed by atoms with Gasteiger partial charge in [-0.2, -0.15) is 0 Å². The number of cyclic esters (lactones) is 1. The van der Waals surface area contributed by atoms with Crippen molar-refractivity contribution in [2.24, 2.45) is 11.7 Å². The van der Waals surface area contributed by atoms with E-state index in [0.29, 0.717) is 10.9 Å². The minimum atomic E-state index is -1.76. The van der Waals surface area contributed by atoms with Crippen LogP contribution in [0.5, 0.6) is 11.5 Å². The topological polar surface area (TPSA) is 171 Å². The maximum atomic E-state index is 13.0. The molecule has 1 heterocycles. The summed E-state index contributed by atoms with van der Waals surface area (Å²) in [7, 11) is 3.06. The first-order valence-electron chi connectivity index (χ1n) is 9.78. The van der Waals surface area contributed by atoms with Gasteiger partial charge < -0.3 is 30.9 Å². The van der Waals surface area contributed by atoms with Crippen molar-refractivity contribution in [2.75, 3.05) is 14.1 Å². The summed E-state index contributed by atoms with van der Waals surface area (Å²) in [4.78, 5) is 39.0. The monoisotopic (exact) mass is 442 g/mol. The Morgan fingerprint density at radius 2 is 1.81 bits per heavy atom. The van der Waals surface area contributed by atoms with Crippen LogP contribution in [-0.4, -0.2) is 69.2 Å². The van der Waals surface area contributed by atoms with Gasteiger partial charge >= 0.3 is 5.97 Å². The number of ether oxygens (including phenoxy) is 1. The number of fused-ring (bicyclic) bond motifs is 2. The summed E-state index contributed by atoms with van der Waals surface area (Å²) in [6.45, 7) is 1.65. The lowest BCUT2D eigenvalue weighted by Gasteiger charge is -2.40. The number of phenolic OH excluding ortho intramolecular Hbond substituents is 2. The van der Waals surface area contributed by atoms with Crippen molar-refractivity contribution in [3.63, 3.8) is 0 Å². The molecule has 4 atom stereocenters. The fourth-order valence-electron chi connectivity index (χ4n) is 4.86. The van der Waals surface area contributed by atoms with Crippen molar-refractivity contribution in [3.05, 3.63) is 46.2 Å². The molecule has 0 spiro atoms. The zero-order valence-corrected chi connectivity index (χ0v) is 17.5. The number of aliphatic hydroxyl groups is 2. The number of ketones is 1. The number of primary amides is 1. The van der Waals surface area contributed by atoms with Gasteiger partial charge in [0.25, 0.3) is 5.91 Å². The number of carbonyl (C=O) groups is 3. The Labute approximate surface area is 182 Å². The number of nitrogens with two attached hydrogens (primary N) is 1. The molecular weight excluding hydrogens is 420 g/mol. The lowest BCUT2D eigenvalue weighted by Crippen LogP contribution is -2.55. The Morgan fingerprint density at radius 1 is 1.16 bits per heavy atom. The maximum absolute atomic E-state index is 13.0. The third kappa shape index (κ3) is 2.76. The number of hydrogen-bond donors (Lipinski definition) is 5. The summed E-state index contributed by atoms with van der Waals surface area (Å²) in [6, 6.07) is 3.40. The number of rotatable bonds is 3. The van der Waals surface area contributed by atoms with Gasteiger partial charge in [-0.1, -0.05) is 12.1 Å². The number of phenols is 2. The first-order chi connectivity index (χ1) is 15.0. The van der Waals surface area contributed by atoms with Crippen molar-refractivity contribution in [3.8, 4) is 11.5 Å². The van der Waals surface area contributed by atoms with Gasteiger partial charge in [0, 0.05) is 5.56 Å². The van der Waals surface area contributed by atoms with Gasteiger partial charge in [-0.15, -0.1) is 0 Å². The molecular formula is C22H22N2O8. The number of aromatic hydroxyl groups is 2. The van der Waals surface area contributed by atoms with Gasteiger partial charge in [0.05, 0.1) is 17.3 Å². The molecule has 0 saturated heterocycles. The molecule has 0 aromatic heterocycles. The van der Waals surface area contributed by atoms with Crippen molar-refractivity contribution in [1.82, 2.24) is 4.90 Å². The predicted octanol–water partition coefficient (Wildman–Crippen LogP) is 0.558. The van der Waals surface area contributed by atoms with Crippen LogP contribution in [0, 0.1) is 12.8 Å². The Hall–Kier alpha value is -3.63. The van der Waals surface area contributed by atoms with Crippen molar-refractivity contribution >= 4 is 28.4 Å². The molecule has 2 unspecified atom stereocenters. The van der Waals surface area contributed by atoms with Gasteiger partial charge in [-0.3, -0.25) is 14.5 Å². The highest BCUT2D eigenvalue weighted by molar-refractivity contribution is 6.22. The molecule has 0 bridgehead atoms. The second-order valence-electron chi connectivity index (χ2n) is 8.21. The highest BCUT2D eigenvalue weighted by Crippen LogP contribution is 2.51. The van der Waals surface area contributed by atoms with Gasteiger partial charge in [-0.05, 0) is 38.0 Å². The summed E-state index contributed by atoms with van der Waals surface area (Å²) in [6.07, 6.45) is -2.99. The molecule has 0 radical (unpaired) electrons. The van der Waals surface area contributed by atoms with E-state index in [1.54, 1.807) is 19.1 Å². The molecule has 2 aliphatic rings. The number of carbonyl (C=O) groups excluding carboxylic acids is 3. The lowest BCUT2D eigenvalue weighted by molar-refractivity contribution is -0.133. The lowest BCUT2D eigenvalue weighted by atomic mass is 9.74. The first-order valence-corrected chi connectivity index (χ1v) is 9.78. The van der Waals surface area contributed by atoms with E-state index in [9.17, 15) is 34.8 Å². The van der Waals surface area contributed by atoms with E-state index in [-0.39, 0.29) is 22.3 Å². The Morgan fingerprint density at radius 3 is 2.41 bits per heavy atom. The molecule has 6 N–H and O–H groups in total. The molecule has 1 aliphatic carbocycles. The van der Waals surface area contributed by atoms with Gasteiger partial charge in [-0.25, -0.2) is 4.79 Å². The molecule has 32 heavy (non-hydrogen) atoms. The zero-order valence-electron chi connectivity index (χ0n) is 17.5. The summed E-state index contributed by atoms with van der Waals surface area (Å²) >= 11 is 0. The number of hydrogen-bond acceptors (Lipinski definition) is 9. The number of amides is 1. The number of nitrogens with zero attached hydrogens (tertiary/aromatic N) is 1. The van der Waals surface area contributed by atoms with E-state index in [2.05, 4.69) is 0 Å². The summed E-state index contributed by atoms with van der Waals surface area (Å²) in [5.41, 5.74) is 5.05. The van der Waals surface area contributed by atoms with Crippen LogP contribution in [0.15, 0.2) is 29.5 Å². The fourth-order valence-corrected chi connectivity index (χ4v) is 4.86. The van der Waals surface area contributed by atoms with Crippen molar-refractivity contribution in [2.45, 2.75) is 25.2 Å². The number of aryl methyl sites for hydroxylation is 1. The molecule has 1 aliphatic heterocycles. The van der Waals surface area contributed by atoms with Gasteiger partial charge in [0.15, 0.2) is 5.78 Å². The fraction of sp³-hybridized carbons (Fsp3) is 0.318. The molecule has 10 nitrogen and oxygen atoms in total. The molecule has 2 aromatic carbocycles. The molecule has 4 rings (SSSR count). The molecule has 1 amide bonds. The van der Waals surface area contributed by atoms with Crippen LogP contribution < -0.4 is 5.73 Å². The van der Waals surface area contributed by atoms with Crippen molar-refractivity contribution < 1.29 is 39.5 Å². The van der Waals surface area contributed by atoms with E-state index < -0.39 is 58.9 Å². The summed E-state index contributed by atoms with van der Waals surface area (Å²) in [5.74, 6) is -5.73. The van der Waals surface area contributed by atoms with Gasteiger partial charge in [0.2, 0.25) is 0 Å². The largest absolute Gasteiger partial charge is 0.509 e. The minimum absolute atomic E-state index is 0.0736. The quantitative estimate of drug-likeness (QED) is 0.336. The Balaban J connectivity index is 1.99. The molecule has 168 valence electrons. The molecule has 0 fully saturated rings. The number of benzene rings is 2. The van der Waals surface area contributed by atoms with E-state index in [0.717, 1.165) is 0 Å². The van der Waals surface area contributed by atoms with Crippen LogP contribution in [0.4, 0.5) is 0 Å². The molecule has 0 saturated carbocycles. The normalized spacial score (nSPS) is 25.4. The summed E-state index contributed by atoms with van der Waals surface area (Å²) < 4.78 is 5.52. The summed E-state index contributed by atoms with van der Waals surface area (Å²) in [5, 5.41) is 42.9. The Bertz CT molecular complexity index is 1230. The number of likely N-dealkylation sites (N-methyl/N-ethyl adjacent to an activating group) is 1. The number of esters is 1. The smallest absolute Gasteiger partial charge is 0.343 e. The molecule has 2 aromatic rings. The van der Waals surface area contributed by atoms with Gasteiger partial charge in [0.1, 0.15) is 40.6 Å². The highest BCUT2D eigenvalue weighted by Gasteiger charge is 2.54. The van der Waals surface area contributed by atoms with Crippen molar-refractivity contribution in [1.29, 1.82) is 0 Å². The minimum Gasteiger partial charge on any atom is -0.509 e.